The summed E-state index contributed by atoms with van der Waals surface area (Å²) < 4.78 is 0. The molecule has 228 valence electrons. The van der Waals surface area contributed by atoms with Gasteiger partial charge in [-0.15, -0.1) is 0 Å². The minimum Gasteiger partial charge on any atom is -0.371 e. The molecule has 2 N–H and O–H groups in total. The van der Waals surface area contributed by atoms with Crippen LogP contribution in [0.3, 0.4) is 0 Å². The Morgan fingerprint density at radius 1 is 0.542 bits per heavy atom. The van der Waals surface area contributed by atoms with E-state index in [0.717, 1.165) is 79.0 Å². The summed E-state index contributed by atoms with van der Waals surface area (Å²) >= 11 is 0. The fraction of sp³-hybridized carbons (Fsp3) is 0.0455. The predicted octanol–water partition coefficient (Wildman–Crippen LogP) is 7.62. The van der Waals surface area contributed by atoms with Crippen LogP contribution in [0.1, 0.15) is 28.7 Å². The number of hydrogen-bond acceptors (Lipinski definition) is 3. The first-order valence-corrected chi connectivity index (χ1v) is 16.4. The van der Waals surface area contributed by atoms with E-state index in [1.807, 2.05) is 0 Å². The van der Waals surface area contributed by atoms with Crippen molar-refractivity contribution in [3.05, 3.63) is 214 Å². The lowest BCUT2D eigenvalue weighted by atomic mass is 9.77. The molecule has 8 bridgehead atoms. The lowest BCUT2D eigenvalue weighted by Gasteiger charge is -2.36. The van der Waals surface area contributed by atoms with Crippen molar-refractivity contribution in [2.75, 3.05) is 0 Å². The topological polar surface area (TPSA) is 52.5 Å². The van der Waals surface area contributed by atoms with E-state index in [1.54, 1.807) is 0 Å². The Bertz CT molecular complexity index is 2400. The summed E-state index contributed by atoms with van der Waals surface area (Å²) in [5.41, 5.74) is 12.0. The highest BCUT2D eigenvalue weighted by molar-refractivity contribution is 6.30. The second kappa shape index (κ2) is 11.5. The number of aliphatic imine (C=N–C) groups is 2. The molecule has 1 aromatic heterocycles. The van der Waals surface area contributed by atoms with Gasteiger partial charge in [-0.2, -0.15) is 0 Å². The summed E-state index contributed by atoms with van der Waals surface area (Å²) in [6.45, 7) is 0. The summed E-state index contributed by atoms with van der Waals surface area (Å²) in [6, 6.07) is 46.9. The van der Waals surface area contributed by atoms with Gasteiger partial charge in [-0.25, -0.2) is 9.98 Å². The van der Waals surface area contributed by atoms with Crippen LogP contribution in [0.25, 0.3) is 22.8 Å². The van der Waals surface area contributed by atoms with Crippen LogP contribution in [-0.2, 0) is 5.54 Å². The van der Waals surface area contributed by atoms with Crippen LogP contribution in [0.15, 0.2) is 191 Å². The molecule has 5 aromatic rings. The maximum absolute atomic E-state index is 5.48. The summed E-state index contributed by atoms with van der Waals surface area (Å²) in [5.74, 6) is 0. The highest BCUT2D eigenvalue weighted by Crippen LogP contribution is 2.48. The Balaban J connectivity index is 1.39. The Morgan fingerprint density at radius 3 is 1.88 bits per heavy atom. The first kappa shape index (κ1) is 28.0. The second-order valence-electron chi connectivity index (χ2n) is 12.4. The molecule has 0 radical (unpaired) electrons. The van der Waals surface area contributed by atoms with Gasteiger partial charge in [0.25, 0.3) is 0 Å². The number of H-pyrrole nitrogens is 1. The van der Waals surface area contributed by atoms with Gasteiger partial charge in [0.2, 0.25) is 0 Å². The Hall–Kier alpha value is -6.26. The molecular weight excluding hydrogens is 585 g/mol. The van der Waals surface area contributed by atoms with Gasteiger partial charge in [-0.05, 0) is 71.2 Å². The molecule has 0 saturated carbocycles. The molecule has 4 aliphatic rings. The molecule has 5 heterocycles. The zero-order chi connectivity index (χ0) is 31.9. The van der Waals surface area contributed by atoms with Gasteiger partial charge in [-0.1, -0.05) is 127 Å². The molecule has 0 spiro atoms. The summed E-state index contributed by atoms with van der Waals surface area (Å²) in [5, 5.41) is 6.12. The Morgan fingerprint density at radius 2 is 1.17 bits per heavy atom. The van der Waals surface area contributed by atoms with E-state index < -0.39 is 5.54 Å². The monoisotopic (exact) mass is 616 g/mol. The molecule has 4 heteroatoms. The SMILES string of the molecule is C1=C/C2=C(\c3ccccc3)C3=CCC(c4ccccc4)(N3)/C(c3ccccc3)=C3/C=CC(=N3)/C(c3ccccc3)=c3/cc/c([nH]3)=C/C1=N2. The van der Waals surface area contributed by atoms with Gasteiger partial charge < -0.3 is 10.3 Å². The molecule has 4 nitrogen and oxygen atoms in total. The zero-order valence-corrected chi connectivity index (χ0v) is 26.3. The van der Waals surface area contributed by atoms with Gasteiger partial charge in [-0.3, -0.25) is 0 Å². The predicted molar refractivity (Wildman–Crippen MR) is 197 cm³/mol. The molecular formula is C44H32N4. The number of nitrogens with one attached hydrogen (secondary N) is 2. The van der Waals surface area contributed by atoms with Crippen molar-refractivity contribution in [3.8, 4) is 0 Å². The van der Waals surface area contributed by atoms with Gasteiger partial charge in [0.05, 0.1) is 28.4 Å². The molecule has 1 atom stereocenters. The average molecular weight is 617 g/mol. The lowest BCUT2D eigenvalue weighted by Crippen LogP contribution is -2.39. The van der Waals surface area contributed by atoms with Crippen molar-refractivity contribution in [1.29, 1.82) is 0 Å². The number of nitrogens with zero attached hydrogens (tertiary/aromatic N) is 2. The largest absolute Gasteiger partial charge is 0.371 e. The number of hydrogen-bond donors (Lipinski definition) is 2. The van der Waals surface area contributed by atoms with Crippen LogP contribution < -0.4 is 16.0 Å². The van der Waals surface area contributed by atoms with E-state index in [1.165, 1.54) is 5.56 Å². The molecule has 48 heavy (non-hydrogen) atoms. The first-order valence-electron chi connectivity index (χ1n) is 16.4. The number of allylic oxidation sites excluding steroid dienone is 5. The molecule has 1 unspecified atom stereocenters. The van der Waals surface area contributed by atoms with E-state index >= 15 is 0 Å². The molecule has 0 amide bonds. The molecule has 0 saturated heterocycles. The van der Waals surface area contributed by atoms with Gasteiger partial charge in [0.1, 0.15) is 0 Å². The van der Waals surface area contributed by atoms with E-state index in [9.17, 15) is 0 Å². The highest BCUT2D eigenvalue weighted by Gasteiger charge is 2.43. The summed E-state index contributed by atoms with van der Waals surface area (Å²) in [6.07, 6.45) is 13.8. The van der Waals surface area contributed by atoms with Gasteiger partial charge in [0, 0.05) is 33.1 Å². The number of benzene rings is 4. The molecule has 0 fully saturated rings. The van der Waals surface area contributed by atoms with Crippen LogP contribution in [0.5, 0.6) is 0 Å². The van der Waals surface area contributed by atoms with Gasteiger partial charge >= 0.3 is 0 Å². The number of aromatic amines is 1. The fourth-order valence-electron chi connectivity index (χ4n) is 7.32. The molecule has 4 aliphatic heterocycles. The minimum atomic E-state index is -0.596. The van der Waals surface area contributed by atoms with E-state index in [4.69, 9.17) is 9.98 Å². The summed E-state index contributed by atoms with van der Waals surface area (Å²) in [7, 11) is 0. The third-order valence-electron chi connectivity index (χ3n) is 9.46. The number of fused-ring (bicyclic) bond motifs is 6. The standard InChI is InChI=1S/C44H32N4/c1-5-13-30(14-6-1)41-36-23-21-34(45-36)29-35-22-24-37(46-35)42(31-15-7-2-8-16-31)39-27-28-44(48-39,33-19-11-4-12-20-33)43(32-17-9-3-10-18-32)40-26-25-38(41)47-40/h1-27,29,45,48H,28H2/b34-29-,41-36-,42-37-,43-40-. The molecule has 4 aromatic carbocycles. The third-order valence-corrected chi connectivity index (χ3v) is 9.46. The second-order valence-corrected chi connectivity index (χ2v) is 12.4. The summed E-state index contributed by atoms with van der Waals surface area (Å²) in [4.78, 5) is 14.4. The maximum atomic E-state index is 5.48. The van der Waals surface area contributed by atoms with Crippen LogP contribution in [-0.4, -0.2) is 16.4 Å². The zero-order valence-electron chi connectivity index (χ0n) is 26.3. The van der Waals surface area contributed by atoms with Crippen LogP contribution in [0, 0.1) is 0 Å². The fourth-order valence-corrected chi connectivity index (χ4v) is 7.32. The van der Waals surface area contributed by atoms with Crippen molar-refractivity contribution in [3.63, 3.8) is 0 Å². The smallest absolute Gasteiger partial charge is 0.0941 e. The van der Waals surface area contributed by atoms with Crippen molar-refractivity contribution in [2.24, 2.45) is 9.98 Å². The minimum absolute atomic E-state index is 0.596. The number of aromatic nitrogens is 1. The van der Waals surface area contributed by atoms with Crippen molar-refractivity contribution < 1.29 is 0 Å². The normalized spacial score (nSPS) is 24.4. The van der Waals surface area contributed by atoms with E-state index in [2.05, 4.69) is 180 Å². The average Bonchev–Trinajstić information content (AvgIpc) is 3.97. The van der Waals surface area contributed by atoms with Crippen LogP contribution >= 0.6 is 0 Å². The quantitative estimate of drug-likeness (QED) is 0.214. The van der Waals surface area contributed by atoms with Crippen molar-refractivity contribution >= 4 is 34.2 Å². The van der Waals surface area contributed by atoms with Crippen molar-refractivity contribution in [1.82, 2.24) is 10.3 Å². The van der Waals surface area contributed by atoms with E-state index in [0.29, 0.717) is 0 Å². The third kappa shape index (κ3) is 4.78. The Kier molecular flexibility index (Phi) is 6.72. The molecule has 9 rings (SSSR count). The Labute approximate surface area is 279 Å². The van der Waals surface area contributed by atoms with Crippen LogP contribution in [0.2, 0.25) is 0 Å². The number of rotatable bonds is 4. The molecule has 0 aliphatic carbocycles. The lowest BCUT2D eigenvalue weighted by molar-refractivity contribution is 0.524. The first-order chi connectivity index (χ1) is 23.7. The van der Waals surface area contributed by atoms with Crippen LogP contribution in [0.4, 0.5) is 0 Å². The maximum Gasteiger partial charge on any atom is 0.0941 e. The highest BCUT2D eigenvalue weighted by atomic mass is 15.0. The van der Waals surface area contributed by atoms with Gasteiger partial charge in [0.15, 0.2) is 0 Å². The van der Waals surface area contributed by atoms with Crippen molar-refractivity contribution in [2.45, 2.75) is 12.0 Å². The van der Waals surface area contributed by atoms with E-state index in [-0.39, 0.29) is 0 Å².